The van der Waals surface area contributed by atoms with E-state index in [1.165, 1.54) is 12.1 Å². The van der Waals surface area contributed by atoms with E-state index in [1.54, 1.807) is 0 Å². The summed E-state index contributed by atoms with van der Waals surface area (Å²) < 4.78 is 0. The highest BCUT2D eigenvalue weighted by Gasteiger charge is 2.20. The highest BCUT2D eigenvalue weighted by molar-refractivity contribution is 6.39. The van der Waals surface area contributed by atoms with Gasteiger partial charge in [-0.15, -0.1) is 0 Å². The number of benzene rings is 1. The first kappa shape index (κ1) is 16.6. The molecule has 4 N–H and O–H groups in total. The number of rotatable bonds is 6. The molecule has 0 saturated heterocycles. The Morgan fingerprint density at radius 1 is 1.35 bits per heavy atom. The quantitative estimate of drug-likeness (QED) is 0.703. The molecule has 1 aromatic rings. The molecule has 20 heavy (non-hydrogen) atoms. The van der Waals surface area contributed by atoms with Gasteiger partial charge in [0.25, 0.3) is 5.91 Å². The molecule has 7 heteroatoms. The topological polar surface area (TPSA) is 92.4 Å². The molecule has 0 aliphatic heterocycles. The van der Waals surface area contributed by atoms with Gasteiger partial charge in [-0.2, -0.15) is 0 Å². The fourth-order valence-electron chi connectivity index (χ4n) is 1.62. The molecular weight excluding hydrogens is 303 g/mol. The standard InChI is InChI=1S/C13H16Cl2N2O3/c1-2-3-4-10(13(19)20)17-12(18)7-5-8(14)11(16)9(15)6-7/h5-6,10H,2-4,16H2,1H3,(H,17,18)(H,19,20)/t10-/m0/s1. The summed E-state index contributed by atoms with van der Waals surface area (Å²) in [5, 5.41) is 11.8. The molecule has 1 atom stereocenters. The van der Waals surface area contributed by atoms with Crippen molar-refractivity contribution in [2.45, 2.75) is 32.2 Å². The number of anilines is 1. The molecule has 0 bridgehead atoms. The zero-order valence-corrected chi connectivity index (χ0v) is 12.5. The van der Waals surface area contributed by atoms with Gasteiger partial charge in [-0.3, -0.25) is 4.79 Å². The second kappa shape index (κ2) is 7.36. The van der Waals surface area contributed by atoms with E-state index in [-0.39, 0.29) is 21.3 Å². The van der Waals surface area contributed by atoms with E-state index in [0.29, 0.717) is 12.8 Å². The largest absolute Gasteiger partial charge is 0.480 e. The van der Waals surface area contributed by atoms with E-state index in [2.05, 4.69) is 5.32 Å². The third-order valence-corrected chi connectivity index (χ3v) is 3.42. The summed E-state index contributed by atoms with van der Waals surface area (Å²) in [5.74, 6) is -1.61. The number of nitrogen functional groups attached to an aromatic ring is 1. The van der Waals surface area contributed by atoms with Crippen molar-refractivity contribution in [2.75, 3.05) is 5.73 Å². The Morgan fingerprint density at radius 3 is 2.35 bits per heavy atom. The number of unbranched alkanes of at least 4 members (excludes halogenated alkanes) is 1. The highest BCUT2D eigenvalue weighted by Crippen LogP contribution is 2.28. The van der Waals surface area contributed by atoms with Crippen molar-refractivity contribution < 1.29 is 14.7 Å². The van der Waals surface area contributed by atoms with E-state index in [1.807, 2.05) is 6.92 Å². The molecule has 110 valence electrons. The Bertz CT molecular complexity index is 497. The minimum Gasteiger partial charge on any atom is -0.480 e. The number of nitrogens with one attached hydrogen (secondary N) is 1. The first-order valence-corrected chi connectivity index (χ1v) is 6.90. The van der Waals surface area contributed by atoms with Gasteiger partial charge in [0.05, 0.1) is 15.7 Å². The van der Waals surface area contributed by atoms with Crippen LogP contribution in [0.1, 0.15) is 36.5 Å². The van der Waals surface area contributed by atoms with Crippen molar-refractivity contribution in [2.24, 2.45) is 0 Å². The normalized spacial score (nSPS) is 11.9. The molecule has 0 aromatic heterocycles. The Labute approximate surface area is 127 Å². The van der Waals surface area contributed by atoms with Crippen LogP contribution in [0.25, 0.3) is 0 Å². The van der Waals surface area contributed by atoms with E-state index >= 15 is 0 Å². The molecule has 1 amide bonds. The smallest absolute Gasteiger partial charge is 0.326 e. The number of halogens is 2. The maximum atomic E-state index is 12.0. The summed E-state index contributed by atoms with van der Waals surface area (Å²) in [7, 11) is 0. The maximum absolute atomic E-state index is 12.0. The van der Waals surface area contributed by atoms with Gasteiger partial charge in [-0.25, -0.2) is 4.79 Å². The number of nitrogens with two attached hydrogens (primary N) is 1. The van der Waals surface area contributed by atoms with E-state index < -0.39 is 17.9 Å². The first-order valence-electron chi connectivity index (χ1n) is 6.15. The lowest BCUT2D eigenvalue weighted by Gasteiger charge is -2.14. The van der Waals surface area contributed by atoms with Gasteiger partial charge in [0.1, 0.15) is 6.04 Å². The second-order valence-electron chi connectivity index (χ2n) is 4.36. The lowest BCUT2D eigenvalue weighted by molar-refractivity contribution is -0.139. The Hall–Kier alpha value is -1.46. The van der Waals surface area contributed by atoms with Gasteiger partial charge < -0.3 is 16.2 Å². The lowest BCUT2D eigenvalue weighted by atomic mass is 10.1. The first-order chi connectivity index (χ1) is 9.36. The number of carboxylic acid groups (broad SMARTS) is 1. The van der Waals surface area contributed by atoms with Crippen molar-refractivity contribution in [1.82, 2.24) is 5.32 Å². The van der Waals surface area contributed by atoms with Crippen LogP contribution in [0.2, 0.25) is 10.0 Å². The number of aliphatic carboxylic acids is 1. The van der Waals surface area contributed by atoms with E-state index in [9.17, 15) is 9.59 Å². The van der Waals surface area contributed by atoms with E-state index in [0.717, 1.165) is 6.42 Å². The van der Waals surface area contributed by atoms with Crippen LogP contribution in [-0.4, -0.2) is 23.0 Å². The molecule has 0 aliphatic carbocycles. The van der Waals surface area contributed by atoms with Gasteiger partial charge in [0, 0.05) is 5.56 Å². The molecule has 0 spiro atoms. The average molecular weight is 319 g/mol. The van der Waals surface area contributed by atoms with Crippen LogP contribution in [0.3, 0.4) is 0 Å². The van der Waals surface area contributed by atoms with Crippen LogP contribution < -0.4 is 11.1 Å². The molecule has 0 heterocycles. The zero-order valence-electron chi connectivity index (χ0n) is 11.0. The predicted octanol–water partition coefficient (Wildman–Crippen LogP) is 2.95. The second-order valence-corrected chi connectivity index (χ2v) is 5.17. The third kappa shape index (κ3) is 4.28. The fourth-order valence-corrected chi connectivity index (χ4v) is 2.11. The molecule has 0 aliphatic rings. The van der Waals surface area contributed by atoms with Crippen LogP contribution in [0.4, 0.5) is 5.69 Å². The molecule has 5 nitrogen and oxygen atoms in total. The number of carbonyl (C=O) groups excluding carboxylic acids is 1. The molecular formula is C13H16Cl2N2O3. The minimum absolute atomic E-state index is 0.156. The molecule has 1 rings (SSSR count). The number of hydrogen-bond acceptors (Lipinski definition) is 3. The molecule has 0 saturated carbocycles. The SMILES string of the molecule is CCCC[C@H](NC(=O)c1cc(Cl)c(N)c(Cl)c1)C(=O)O. The summed E-state index contributed by atoms with van der Waals surface area (Å²) in [6.07, 6.45) is 1.92. The summed E-state index contributed by atoms with van der Waals surface area (Å²) in [5.41, 5.74) is 5.94. The summed E-state index contributed by atoms with van der Waals surface area (Å²) in [6, 6.07) is 1.78. The molecule has 0 fully saturated rings. The third-order valence-electron chi connectivity index (χ3n) is 2.79. The molecule has 1 aromatic carbocycles. The van der Waals surface area contributed by atoms with Gasteiger partial charge in [0.2, 0.25) is 0 Å². The number of amides is 1. The minimum atomic E-state index is -1.07. The lowest BCUT2D eigenvalue weighted by Crippen LogP contribution is -2.40. The maximum Gasteiger partial charge on any atom is 0.326 e. The molecule has 0 unspecified atom stereocenters. The predicted molar refractivity (Wildman–Crippen MR) is 79.3 cm³/mol. The highest BCUT2D eigenvalue weighted by atomic mass is 35.5. The van der Waals surface area contributed by atoms with Crippen molar-refractivity contribution in [3.8, 4) is 0 Å². The molecule has 0 radical (unpaired) electrons. The Morgan fingerprint density at radius 2 is 1.90 bits per heavy atom. The number of hydrogen-bond donors (Lipinski definition) is 3. The van der Waals surface area contributed by atoms with Gasteiger partial charge in [-0.1, -0.05) is 43.0 Å². The zero-order chi connectivity index (χ0) is 15.3. The summed E-state index contributed by atoms with van der Waals surface area (Å²) in [4.78, 5) is 23.1. The number of carbonyl (C=O) groups is 2. The Kier molecular flexibility index (Phi) is 6.10. The summed E-state index contributed by atoms with van der Waals surface area (Å²) >= 11 is 11.7. The van der Waals surface area contributed by atoms with Crippen molar-refractivity contribution in [3.63, 3.8) is 0 Å². The average Bonchev–Trinajstić information content (AvgIpc) is 2.39. The van der Waals surface area contributed by atoms with Crippen LogP contribution in [-0.2, 0) is 4.79 Å². The number of carboxylic acids is 1. The van der Waals surface area contributed by atoms with E-state index in [4.69, 9.17) is 34.0 Å². The Balaban J connectivity index is 2.86. The van der Waals surface area contributed by atoms with Crippen molar-refractivity contribution in [3.05, 3.63) is 27.7 Å². The van der Waals surface area contributed by atoms with Gasteiger partial charge in [-0.05, 0) is 18.6 Å². The van der Waals surface area contributed by atoms with Crippen molar-refractivity contribution >= 4 is 40.8 Å². The monoisotopic (exact) mass is 318 g/mol. The van der Waals surface area contributed by atoms with Crippen molar-refractivity contribution in [1.29, 1.82) is 0 Å². The van der Waals surface area contributed by atoms with Crippen LogP contribution in [0.15, 0.2) is 12.1 Å². The van der Waals surface area contributed by atoms with Crippen LogP contribution in [0, 0.1) is 0 Å². The van der Waals surface area contributed by atoms with Gasteiger partial charge >= 0.3 is 5.97 Å². The summed E-state index contributed by atoms with van der Waals surface area (Å²) in [6.45, 7) is 1.94. The fraction of sp³-hybridized carbons (Fsp3) is 0.385. The van der Waals surface area contributed by atoms with Crippen LogP contribution >= 0.6 is 23.2 Å². The van der Waals surface area contributed by atoms with Crippen LogP contribution in [0.5, 0.6) is 0 Å². The van der Waals surface area contributed by atoms with Gasteiger partial charge in [0.15, 0.2) is 0 Å².